The van der Waals surface area contributed by atoms with E-state index in [-0.39, 0.29) is 22.8 Å². The molecule has 0 heterocycles. The molecule has 0 spiro atoms. The molecule has 0 radical (unpaired) electrons. The largest absolute Gasteiger partial charge is 0.417 e. The van der Waals surface area contributed by atoms with Crippen molar-refractivity contribution < 1.29 is 13.9 Å². The highest BCUT2D eigenvalue weighted by Gasteiger charge is 2.58. The van der Waals surface area contributed by atoms with Crippen LogP contribution in [0.25, 0.3) is 0 Å². The van der Waals surface area contributed by atoms with Crippen molar-refractivity contribution in [1.29, 1.82) is 0 Å². The lowest BCUT2D eigenvalue weighted by atomic mass is 9.46. The maximum absolute atomic E-state index is 6.74. The average Bonchev–Trinajstić information content (AvgIpc) is 3.16. The Morgan fingerprint density at radius 1 is 1.00 bits per heavy atom. The van der Waals surface area contributed by atoms with Gasteiger partial charge >= 0.3 is 0 Å². The van der Waals surface area contributed by atoms with Crippen molar-refractivity contribution in [2.45, 2.75) is 145 Å². The van der Waals surface area contributed by atoms with Gasteiger partial charge in [0.2, 0.25) is 0 Å². The molecule has 7 atom stereocenters. The molecule has 0 amide bonds. The van der Waals surface area contributed by atoms with E-state index in [0.29, 0.717) is 35.2 Å². The maximum Gasteiger partial charge on any atom is 0.191 e. The third-order valence-corrected chi connectivity index (χ3v) is 16.8. The molecule has 4 rings (SSSR count). The molecule has 1 unspecified atom stereocenters. The van der Waals surface area contributed by atoms with E-state index in [0.717, 1.165) is 13.0 Å². The maximum atomic E-state index is 6.74. The van der Waals surface area contributed by atoms with Crippen LogP contribution in [0.15, 0.2) is 22.8 Å². The van der Waals surface area contributed by atoms with Gasteiger partial charge in [-0.1, -0.05) is 67.0 Å². The molecular weight excluding hydrogens is 484 g/mol. The van der Waals surface area contributed by atoms with Crippen LogP contribution in [-0.4, -0.2) is 33.9 Å². The van der Waals surface area contributed by atoms with E-state index in [4.69, 9.17) is 13.9 Å². The highest BCUT2D eigenvalue weighted by atomic mass is 28.4. The second kappa shape index (κ2) is 10.4. The minimum absolute atomic E-state index is 0.120. The van der Waals surface area contributed by atoms with Gasteiger partial charge in [-0.25, -0.2) is 0 Å². The number of hydrogen-bond donors (Lipinski definition) is 0. The van der Waals surface area contributed by atoms with Gasteiger partial charge in [-0.15, -0.1) is 0 Å². The monoisotopic (exact) mass is 544 g/mol. The minimum atomic E-state index is -1.72. The van der Waals surface area contributed by atoms with Crippen molar-refractivity contribution in [2.24, 2.45) is 34.0 Å². The summed E-state index contributed by atoms with van der Waals surface area (Å²) in [5.74, 6) is 1.96. The Kier molecular flexibility index (Phi) is 8.39. The van der Waals surface area contributed by atoms with Gasteiger partial charge in [-0.3, -0.25) is 0 Å². The topological polar surface area (TPSA) is 27.7 Å². The van der Waals surface area contributed by atoms with Crippen LogP contribution in [0.4, 0.5) is 0 Å². The van der Waals surface area contributed by atoms with Gasteiger partial charge in [0, 0.05) is 13.2 Å². The van der Waals surface area contributed by atoms with E-state index in [1.165, 1.54) is 38.5 Å². The highest BCUT2D eigenvalue weighted by molar-refractivity contribution is 6.74. The number of ether oxygens (including phenoxy) is 2. The molecule has 0 bridgehead atoms. The Hall–Kier alpha value is -0.423. The Morgan fingerprint density at radius 2 is 1.68 bits per heavy atom. The first kappa shape index (κ1) is 30.5. The summed E-state index contributed by atoms with van der Waals surface area (Å²) >= 11 is 0. The van der Waals surface area contributed by atoms with Crippen molar-refractivity contribution in [1.82, 2.24) is 0 Å². The lowest BCUT2D eigenvalue weighted by molar-refractivity contribution is -0.214. The standard InChI is InChI=1S/C34H60O3Si/c1-13-35-24(3)37-30-19-21-34(10)28-18-20-33(9)26(23(2)22-36-38(11,12)31(4,5)6)15-16-27(33)25(28)14-17-29(34)32(30,7)8/h16,23-24,26,29-30H,13-15,17-22H2,1-12H3/t23-,24?,26-,29+,30+,33-,34-/m1/s1. The Balaban J connectivity index is 1.53. The summed E-state index contributed by atoms with van der Waals surface area (Å²) in [6.45, 7) is 30.2. The van der Waals surface area contributed by atoms with Crippen LogP contribution >= 0.6 is 0 Å². The smallest absolute Gasteiger partial charge is 0.191 e. The molecule has 3 nitrogen and oxygen atoms in total. The normalized spacial score (nSPS) is 36.7. The van der Waals surface area contributed by atoms with Crippen LogP contribution in [0.1, 0.15) is 114 Å². The molecule has 0 aliphatic heterocycles. The fourth-order valence-electron chi connectivity index (χ4n) is 8.98. The predicted molar refractivity (Wildman–Crippen MR) is 163 cm³/mol. The van der Waals surface area contributed by atoms with E-state index in [1.807, 2.05) is 5.57 Å². The summed E-state index contributed by atoms with van der Waals surface area (Å²) < 4.78 is 19.0. The van der Waals surface area contributed by atoms with Gasteiger partial charge in [0.15, 0.2) is 14.6 Å². The molecule has 1 fully saturated rings. The summed E-state index contributed by atoms with van der Waals surface area (Å²) in [6.07, 6.45) is 11.5. The molecule has 0 aromatic carbocycles. The summed E-state index contributed by atoms with van der Waals surface area (Å²) in [6, 6.07) is 0. The number of allylic oxidation sites excluding steroid dienone is 4. The number of hydrogen-bond acceptors (Lipinski definition) is 3. The van der Waals surface area contributed by atoms with Gasteiger partial charge in [-0.2, -0.15) is 0 Å². The lowest BCUT2D eigenvalue weighted by Gasteiger charge is -2.60. The summed E-state index contributed by atoms with van der Waals surface area (Å²) in [7, 11) is -1.72. The zero-order valence-electron chi connectivity index (χ0n) is 27.1. The van der Waals surface area contributed by atoms with Crippen LogP contribution in [0.3, 0.4) is 0 Å². The molecular formula is C34H60O3Si. The molecule has 1 saturated carbocycles. The van der Waals surface area contributed by atoms with E-state index < -0.39 is 8.32 Å². The third kappa shape index (κ3) is 5.07. The van der Waals surface area contributed by atoms with E-state index >= 15 is 0 Å². The average molecular weight is 545 g/mol. The minimum Gasteiger partial charge on any atom is -0.417 e. The fraction of sp³-hybridized carbons (Fsp3) is 0.882. The van der Waals surface area contributed by atoms with Gasteiger partial charge in [-0.05, 0) is 122 Å². The highest BCUT2D eigenvalue weighted by Crippen LogP contribution is 2.67. The summed E-state index contributed by atoms with van der Waals surface area (Å²) in [5.41, 5.74) is 6.05. The molecule has 38 heavy (non-hydrogen) atoms. The molecule has 218 valence electrons. The predicted octanol–water partition coefficient (Wildman–Crippen LogP) is 9.69. The molecule has 4 aliphatic rings. The first-order valence-electron chi connectivity index (χ1n) is 15.8. The lowest BCUT2D eigenvalue weighted by Crippen LogP contribution is -2.54. The second-order valence-electron chi connectivity index (χ2n) is 15.9. The zero-order chi connectivity index (χ0) is 28.3. The molecule has 0 saturated heterocycles. The summed E-state index contributed by atoms with van der Waals surface area (Å²) in [5, 5.41) is 0.271. The molecule has 4 heteroatoms. The van der Waals surface area contributed by atoms with Crippen molar-refractivity contribution in [3.05, 3.63) is 22.8 Å². The second-order valence-corrected chi connectivity index (χ2v) is 20.7. The SMILES string of the molecule is CCOC(C)O[C@H]1CC[C@]2(C)C3=C(CC[C@H]2C1(C)C)C1=CC[C@H]([C@H](C)CO[Si](C)(C)C(C)(C)C)[C@@]1(C)CC3. The first-order chi connectivity index (χ1) is 17.5. The van der Waals surface area contributed by atoms with Gasteiger partial charge in [0.1, 0.15) is 0 Å². The molecule has 0 aromatic heterocycles. The first-order valence-corrected chi connectivity index (χ1v) is 18.7. The van der Waals surface area contributed by atoms with Crippen LogP contribution in [0, 0.1) is 34.0 Å². The quantitative estimate of drug-likeness (QED) is 0.225. The zero-order valence-corrected chi connectivity index (χ0v) is 28.1. The number of fused-ring (bicyclic) bond motifs is 4. The fourth-order valence-corrected chi connectivity index (χ4v) is 10.1. The van der Waals surface area contributed by atoms with Crippen molar-refractivity contribution in [3.63, 3.8) is 0 Å². The number of rotatable bonds is 8. The van der Waals surface area contributed by atoms with Crippen LogP contribution in [0.2, 0.25) is 18.1 Å². The third-order valence-electron chi connectivity index (χ3n) is 12.3. The van der Waals surface area contributed by atoms with Gasteiger partial charge in [0.05, 0.1) is 6.10 Å². The van der Waals surface area contributed by atoms with Crippen LogP contribution in [-0.2, 0) is 13.9 Å². The molecule has 4 aliphatic carbocycles. The summed E-state index contributed by atoms with van der Waals surface area (Å²) in [4.78, 5) is 0. The Bertz CT molecular complexity index is 940. The van der Waals surface area contributed by atoms with E-state index in [1.54, 1.807) is 11.1 Å². The molecule has 0 N–H and O–H groups in total. The Morgan fingerprint density at radius 3 is 2.32 bits per heavy atom. The van der Waals surface area contributed by atoms with Crippen molar-refractivity contribution in [3.8, 4) is 0 Å². The van der Waals surface area contributed by atoms with Gasteiger partial charge in [0.25, 0.3) is 0 Å². The van der Waals surface area contributed by atoms with Crippen LogP contribution in [0.5, 0.6) is 0 Å². The van der Waals surface area contributed by atoms with Gasteiger partial charge < -0.3 is 13.9 Å². The van der Waals surface area contributed by atoms with Crippen LogP contribution < -0.4 is 0 Å². The molecule has 0 aromatic rings. The van der Waals surface area contributed by atoms with Crippen molar-refractivity contribution in [2.75, 3.05) is 13.2 Å². The Labute approximate surface area is 236 Å². The van der Waals surface area contributed by atoms with Crippen molar-refractivity contribution >= 4 is 8.32 Å². The van der Waals surface area contributed by atoms with E-state index in [2.05, 4.69) is 88.4 Å². The van der Waals surface area contributed by atoms with E-state index in [9.17, 15) is 0 Å².